The Labute approximate surface area is 151 Å². The van der Waals surface area contributed by atoms with Crippen molar-refractivity contribution in [1.82, 2.24) is 4.98 Å². The molecule has 3 aromatic rings. The Kier molecular flexibility index (Phi) is 4.48. The Bertz CT molecular complexity index is 859. The van der Waals surface area contributed by atoms with E-state index in [-0.39, 0.29) is 5.91 Å². The maximum absolute atomic E-state index is 12.1. The van der Waals surface area contributed by atoms with Gasteiger partial charge in [-0.2, -0.15) is 0 Å². The van der Waals surface area contributed by atoms with Gasteiger partial charge in [-0.25, -0.2) is 4.98 Å². The smallest absolute Gasteiger partial charge is 0.230 e. The van der Waals surface area contributed by atoms with E-state index in [1.807, 2.05) is 35.8 Å². The molecule has 1 aliphatic rings. The van der Waals surface area contributed by atoms with Crippen LogP contribution in [-0.2, 0) is 17.6 Å². The fourth-order valence-corrected chi connectivity index (χ4v) is 3.88. The van der Waals surface area contributed by atoms with Gasteiger partial charge in [-0.05, 0) is 48.1 Å². The summed E-state index contributed by atoms with van der Waals surface area (Å²) in [7, 11) is 0. The van der Waals surface area contributed by atoms with Crippen LogP contribution >= 0.6 is 11.3 Å². The second kappa shape index (κ2) is 7.07. The van der Waals surface area contributed by atoms with Crippen LogP contribution in [-0.4, -0.2) is 17.4 Å². The summed E-state index contributed by atoms with van der Waals surface area (Å²) in [6, 6.07) is 16.3. The molecule has 25 heavy (non-hydrogen) atoms. The first-order chi connectivity index (χ1) is 12.3. The van der Waals surface area contributed by atoms with Crippen molar-refractivity contribution in [2.24, 2.45) is 0 Å². The molecular formula is C20H19N3OS. The molecule has 0 aliphatic carbocycles. The van der Waals surface area contributed by atoms with Crippen LogP contribution in [0.2, 0.25) is 0 Å². The molecule has 0 bridgehead atoms. The Morgan fingerprint density at radius 3 is 2.88 bits per heavy atom. The normalized spacial score (nSPS) is 13.4. The number of para-hydroxylation sites is 1. The highest BCUT2D eigenvalue weighted by atomic mass is 32.1. The van der Waals surface area contributed by atoms with Crippen LogP contribution < -0.4 is 10.2 Å². The number of aromatic nitrogens is 1. The lowest BCUT2D eigenvalue weighted by molar-refractivity contribution is -0.115. The molecule has 0 spiro atoms. The molecular weight excluding hydrogens is 330 g/mol. The molecule has 1 N–H and O–H groups in total. The average Bonchev–Trinajstić information content (AvgIpc) is 3.15. The summed E-state index contributed by atoms with van der Waals surface area (Å²) >= 11 is 1.59. The molecule has 0 saturated carbocycles. The molecule has 0 atom stereocenters. The molecule has 4 nitrogen and oxygen atoms in total. The Morgan fingerprint density at radius 2 is 2.08 bits per heavy atom. The fourth-order valence-electron chi connectivity index (χ4n) is 3.18. The minimum absolute atomic E-state index is 0.0361. The minimum atomic E-state index is -0.0361. The van der Waals surface area contributed by atoms with Gasteiger partial charge in [0.25, 0.3) is 0 Å². The summed E-state index contributed by atoms with van der Waals surface area (Å²) in [5, 5.41) is 4.85. The number of pyridine rings is 1. The quantitative estimate of drug-likeness (QED) is 0.759. The van der Waals surface area contributed by atoms with E-state index in [0.717, 1.165) is 30.0 Å². The van der Waals surface area contributed by atoms with Crippen molar-refractivity contribution < 1.29 is 4.79 Å². The molecule has 4 rings (SSSR count). The van der Waals surface area contributed by atoms with E-state index < -0.39 is 0 Å². The number of carbonyl (C=O) groups is 1. The van der Waals surface area contributed by atoms with Crippen molar-refractivity contribution >= 4 is 34.4 Å². The lowest BCUT2D eigenvalue weighted by atomic mass is 10.0. The third kappa shape index (κ3) is 3.56. The van der Waals surface area contributed by atoms with E-state index in [0.29, 0.717) is 12.2 Å². The van der Waals surface area contributed by atoms with Crippen molar-refractivity contribution in [3.8, 4) is 0 Å². The molecule has 5 heteroatoms. The number of hydrogen-bond donors (Lipinski definition) is 1. The van der Waals surface area contributed by atoms with Crippen LogP contribution in [0.25, 0.3) is 0 Å². The maximum Gasteiger partial charge on any atom is 0.230 e. The Morgan fingerprint density at radius 1 is 1.16 bits per heavy atom. The predicted molar refractivity (Wildman–Crippen MR) is 103 cm³/mol. The summed E-state index contributed by atoms with van der Waals surface area (Å²) in [6.07, 6.45) is 4.48. The van der Waals surface area contributed by atoms with Crippen LogP contribution in [0.15, 0.2) is 60.1 Å². The SMILES string of the molecule is O=C(Cc1cccs1)Nc1ccc(N2CCCc3ccccc32)cn1. The van der Waals surface area contributed by atoms with Crippen LogP contribution in [0.4, 0.5) is 17.2 Å². The van der Waals surface area contributed by atoms with Crippen LogP contribution in [0.1, 0.15) is 16.9 Å². The van der Waals surface area contributed by atoms with E-state index in [1.54, 1.807) is 11.3 Å². The first-order valence-corrected chi connectivity index (χ1v) is 9.31. The molecule has 1 aromatic carbocycles. The molecule has 126 valence electrons. The summed E-state index contributed by atoms with van der Waals surface area (Å²) in [5.41, 5.74) is 3.69. The number of thiophene rings is 1. The third-order valence-electron chi connectivity index (χ3n) is 4.35. The van der Waals surface area contributed by atoms with E-state index in [4.69, 9.17) is 0 Å². The van der Waals surface area contributed by atoms with Gasteiger partial charge in [-0.15, -0.1) is 11.3 Å². The number of nitrogens with one attached hydrogen (secondary N) is 1. The number of amides is 1. The molecule has 1 aliphatic heterocycles. The van der Waals surface area contributed by atoms with Crippen molar-refractivity contribution in [2.75, 3.05) is 16.8 Å². The van der Waals surface area contributed by atoms with Crippen LogP contribution in [0.5, 0.6) is 0 Å². The highest BCUT2D eigenvalue weighted by Crippen LogP contribution is 2.33. The van der Waals surface area contributed by atoms with Gasteiger partial charge < -0.3 is 10.2 Å². The van der Waals surface area contributed by atoms with Gasteiger partial charge in [0.05, 0.1) is 18.3 Å². The van der Waals surface area contributed by atoms with Gasteiger partial charge in [0.15, 0.2) is 0 Å². The van der Waals surface area contributed by atoms with E-state index in [9.17, 15) is 4.79 Å². The number of hydrogen-bond acceptors (Lipinski definition) is 4. The van der Waals surface area contributed by atoms with E-state index in [1.165, 1.54) is 11.3 Å². The first-order valence-electron chi connectivity index (χ1n) is 8.43. The van der Waals surface area contributed by atoms with Crippen molar-refractivity contribution in [3.05, 3.63) is 70.5 Å². The molecule has 2 aromatic heterocycles. The van der Waals surface area contributed by atoms with Crippen molar-refractivity contribution in [2.45, 2.75) is 19.3 Å². The zero-order valence-corrected chi connectivity index (χ0v) is 14.6. The molecule has 0 unspecified atom stereocenters. The van der Waals surface area contributed by atoms with Gasteiger partial charge in [0.1, 0.15) is 5.82 Å². The largest absolute Gasteiger partial charge is 0.340 e. The van der Waals surface area contributed by atoms with Gasteiger partial charge in [-0.3, -0.25) is 4.79 Å². The number of rotatable bonds is 4. The first kappa shape index (κ1) is 15.8. The molecule has 1 amide bonds. The minimum Gasteiger partial charge on any atom is -0.340 e. The lowest BCUT2D eigenvalue weighted by Gasteiger charge is -2.31. The third-order valence-corrected chi connectivity index (χ3v) is 5.23. The van der Waals surface area contributed by atoms with Crippen LogP contribution in [0, 0.1) is 0 Å². The number of carbonyl (C=O) groups excluding carboxylic acids is 1. The number of aryl methyl sites for hydroxylation is 1. The van der Waals surface area contributed by atoms with Gasteiger partial charge in [0, 0.05) is 17.1 Å². The predicted octanol–water partition coefficient (Wildman–Crippen LogP) is 4.41. The zero-order chi connectivity index (χ0) is 17.1. The van der Waals surface area contributed by atoms with E-state index >= 15 is 0 Å². The Balaban J connectivity index is 1.47. The number of benzene rings is 1. The number of nitrogens with zero attached hydrogens (tertiary/aromatic N) is 2. The summed E-state index contributed by atoms with van der Waals surface area (Å²) in [5.74, 6) is 0.557. The van der Waals surface area contributed by atoms with Gasteiger partial charge >= 0.3 is 0 Å². The molecule has 0 saturated heterocycles. The van der Waals surface area contributed by atoms with Crippen molar-refractivity contribution in [3.63, 3.8) is 0 Å². The highest BCUT2D eigenvalue weighted by Gasteiger charge is 2.18. The molecule has 3 heterocycles. The summed E-state index contributed by atoms with van der Waals surface area (Å²) in [6.45, 7) is 0.989. The van der Waals surface area contributed by atoms with Gasteiger partial charge in [-0.1, -0.05) is 24.3 Å². The molecule has 0 radical (unpaired) electrons. The second-order valence-corrected chi connectivity index (χ2v) is 7.12. The summed E-state index contributed by atoms with van der Waals surface area (Å²) < 4.78 is 0. The Hall–Kier alpha value is -2.66. The van der Waals surface area contributed by atoms with Crippen LogP contribution in [0.3, 0.4) is 0 Å². The lowest BCUT2D eigenvalue weighted by Crippen LogP contribution is -2.24. The topological polar surface area (TPSA) is 45.2 Å². The monoisotopic (exact) mass is 349 g/mol. The van der Waals surface area contributed by atoms with Gasteiger partial charge in [0.2, 0.25) is 5.91 Å². The fraction of sp³-hybridized carbons (Fsp3) is 0.200. The standard InChI is InChI=1S/C20H19N3OS/c24-20(13-17-7-4-12-25-17)22-19-10-9-16(14-21-19)23-11-3-6-15-5-1-2-8-18(15)23/h1-2,4-5,7-10,12,14H,3,6,11,13H2,(H,21,22,24). The summed E-state index contributed by atoms with van der Waals surface area (Å²) in [4.78, 5) is 19.9. The maximum atomic E-state index is 12.1. The number of fused-ring (bicyclic) bond motifs is 1. The number of anilines is 3. The highest BCUT2D eigenvalue weighted by molar-refractivity contribution is 7.10. The molecule has 0 fully saturated rings. The zero-order valence-electron chi connectivity index (χ0n) is 13.8. The van der Waals surface area contributed by atoms with Crippen molar-refractivity contribution in [1.29, 1.82) is 0 Å². The second-order valence-electron chi connectivity index (χ2n) is 6.09. The average molecular weight is 349 g/mol. The van der Waals surface area contributed by atoms with E-state index in [2.05, 4.69) is 39.5 Å².